The molecule has 0 aliphatic carbocycles. The summed E-state index contributed by atoms with van der Waals surface area (Å²) in [7, 11) is 0. The van der Waals surface area contributed by atoms with Crippen molar-refractivity contribution in [1.82, 2.24) is 0 Å². The highest BCUT2D eigenvalue weighted by Crippen LogP contribution is 2.13. The van der Waals surface area contributed by atoms with Crippen LogP contribution >= 0.6 is 0 Å². The summed E-state index contributed by atoms with van der Waals surface area (Å²) in [6.07, 6.45) is 17.3. The summed E-state index contributed by atoms with van der Waals surface area (Å²) in [5.41, 5.74) is 7.08. The fourth-order valence-electron chi connectivity index (χ4n) is 3.94. The van der Waals surface area contributed by atoms with Gasteiger partial charge in [-0.2, -0.15) is 0 Å². The summed E-state index contributed by atoms with van der Waals surface area (Å²) in [6.45, 7) is 10.5. The first-order chi connectivity index (χ1) is 21.2. The number of benzene rings is 2. The average molecular weight is 618 g/mol. The van der Waals surface area contributed by atoms with Gasteiger partial charge in [0.05, 0.1) is 24.3 Å². The van der Waals surface area contributed by atoms with Gasteiger partial charge < -0.3 is 25.4 Å². The second-order valence-corrected chi connectivity index (χ2v) is 10.00. The van der Waals surface area contributed by atoms with E-state index in [0.29, 0.717) is 36.4 Å². The number of rotatable bonds is 18. The van der Waals surface area contributed by atoms with Gasteiger partial charge in [-0.3, -0.25) is 4.79 Å². The molecule has 0 radical (unpaired) electrons. The molecule has 250 valence electrons. The lowest BCUT2D eigenvalue weighted by molar-refractivity contribution is -0.137. The number of nitrogen functional groups attached to an aromatic ring is 1. The third-order valence-corrected chi connectivity index (χ3v) is 6.29. The molecule has 0 heterocycles. The van der Waals surface area contributed by atoms with Gasteiger partial charge in [-0.25, -0.2) is 9.59 Å². The van der Waals surface area contributed by atoms with E-state index in [9.17, 15) is 14.4 Å². The number of ether oxygens (including phenoxy) is 2. The van der Waals surface area contributed by atoms with E-state index in [1.807, 2.05) is 13.8 Å². The molecule has 0 unspecified atom stereocenters. The molecule has 0 atom stereocenters. The Labute approximate surface area is 266 Å². The number of carboxylic acids is 1. The predicted octanol–water partition coefficient (Wildman–Crippen LogP) is 9.59. The van der Waals surface area contributed by atoms with Gasteiger partial charge in [-0.15, -0.1) is 0 Å². The molecular weight excluding hydrogens is 558 g/mol. The van der Waals surface area contributed by atoms with Crippen molar-refractivity contribution in [3.05, 3.63) is 59.7 Å². The molecule has 44 heavy (non-hydrogen) atoms. The topological polar surface area (TPSA) is 136 Å². The van der Waals surface area contributed by atoms with E-state index in [0.717, 1.165) is 12.8 Å². The van der Waals surface area contributed by atoms with Gasteiger partial charge in [0.15, 0.2) is 0 Å². The monoisotopic (exact) mass is 617 g/mol. The van der Waals surface area contributed by atoms with Crippen molar-refractivity contribution >= 4 is 23.6 Å². The Morgan fingerprint density at radius 1 is 0.591 bits per heavy atom. The van der Waals surface area contributed by atoms with Crippen molar-refractivity contribution in [2.75, 3.05) is 18.9 Å². The molecule has 0 aliphatic rings. The van der Waals surface area contributed by atoms with Crippen LogP contribution in [0.3, 0.4) is 0 Å². The lowest BCUT2D eigenvalue weighted by Crippen LogP contribution is -2.04. The summed E-state index contributed by atoms with van der Waals surface area (Å²) >= 11 is 0. The zero-order chi connectivity index (χ0) is 33.4. The standard InChI is InChI=1S/C16H32O2.C9H11NO2.C9H10O3.C2H6/c1-2-3-4-5-6-7-8-9-10-11-12-13-14-15-16(17)18;2*1-2-12-9(11)7-3-5-8(10)6-4-7;1-2/h2-15H2,1H3,(H,17,18);3-6H,2,10H2,1H3;3-6,10H,2H2,1H3;1-2H3. The number of esters is 2. The molecule has 4 N–H and O–H groups in total. The minimum Gasteiger partial charge on any atom is -0.508 e. The van der Waals surface area contributed by atoms with Crippen LogP contribution in [0.2, 0.25) is 0 Å². The molecule has 0 amide bonds. The fraction of sp³-hybridized carbons (Fsp3) is 0.583. The van der Waals surface area contributed by atoms with Gasteiger partial charge in [-0.05, 0) is 68.8 Å². The first-order valence-electron chi connectivity index (χ1n) is 16.5. The number of phenols is 1. The smallest absolute Gasteiger partial charge is 0.338 e. The number of nitrogens with two attached hydrogens (primary N) is 1. The lowest BCUT2D eigenvalue weighted by Gasteiger charge is -2.02. The summed E-state index contributed by atoms with van der Waals surface area (Å²) in [4.78, 5) is 32.4. The van der Waals surface area contributed by atoms with Crippen LogP contribution in [0.5, 0.6) is 5.75 Å². The van der Waals surface area contributed by atoms with Crippen LogP contribution in [0.15, 0.2) is 48.5 Å². The van der Waals surface area contributed by atoms with Crippen molar-refractivity contribution in [2.45, 2.75) is 125 Å². The lowest BCUT2D eigenvalue weighted by atomic mass is 10.0. The summed E-state index contributed by atoms with van der Waals surface area (Å²) in [6, 6.07) is 12.6. The number of hydrogen-bond donors (Lipinski definition) is 3. The SMILES string of the molecule is CC.CCCCCCCCCCCCCCCC(=O)O.CCOC(=O)c1ccc(N)cc1.CCOC(=O)c1ccc(O)cc1. The molecular formula is C36H59NO7. The number of carbonyl (C=O) groups excluding carboxylic acids is 2. The van der Waals surface area contributed by atoms with E-state index >= 15 is 0 Å². The van der Waals surface area contributed by atoms with Crippen molar-refractivity contribution in [1.29, 1.82) is 0 Å². The zero-order valence-corrected chi connectivity index (χ0v) is 27.9. The molecule has 8 nitrogen and oxygen atoms in total. The molecule has 2 aromatic rings. The quantitative estimate of drug-likeness (QED) is 0.0854. The Morgan fingerprint density at radius 2 is 0.932 bits per heavy atom. The normalized spacial score (nSPS) is 9.66. The number of hydrogen-bond acceptors (Lipinski definition) is 7. The van der Waals surface area contributed by atoms with Crippen molar-refractivity contribution in [3.8, 4) is 5.75 Å². The van der Waals surface area contributed by atoms with Gasteiger partial charge >= 0.3 is 17.9 Å². The maximum absolute atomic E-state index is 11.1. The third kappa shape index (κ3) is 26.1. The second kappa shape index (κ2) is 30.9. The molecule has 0 fully saturated rings. The van der Waals surface area contributed by atoms with Crippen LogP contribution in [-0.2, 0) is 14.3 Å². The van der Waals surface area contributed by atoms with E-state index in [4.69, 9.17) is 25.4 Å². The fourth-order valence-corrected chi connectivity index (χ4v) is 3.94. The maximum atomic E-state index is 11.1. The van der Waals surface area contributed by atoms with E-state index in [1.165, 1.54) is 94.9 Å². The van der Waals surface area contributed by atoms with Gasteiger partial charge in [0.2, 0.25) is 0 Å². The second-order valence-electron chi connectivity index (χ2n) is 10.00. The van der Waals surface area contributed by atoms with E-state index in [2.05, 4.69) is 6.92 Å². The molecule has 2 rings (SSSR count). The maximum Gasteiger partial charge on any atom is 0.338 e. The Bertz CT molecular complexity index is 900. The number of phenolic OH excluding ortho intramolecular Hbond substituents is 1. The van der Waals surface area contributed by atoms with Crippen LogP contribution in [0, 0.1) is 0 Å². The van der Waals surface area contributed by atoms with Gasteiger partial charge in [0.25, 0.3) is 0 Å². The number of anilines is 1. The zero-order valence-electron chi connectivity index (χ0n) is 27.9. The Morgan fingerprint density at radius 3 is 1.27 bits per heavy atom. The molecule has 0 aromatic heterocycles. The molecule has 0 saturated heterocycles. The number of aliphatic carboxylic acids is 1. The molecule has 0 aliphatic heterocycles. The molecule has 2 aromatic carbocycles. The summed E-state index contributed by atoms with van der Waals surface area (Å²) in [5.74, 6) is -1.18. The van der Waals surface area contributed by atoms with Gasteiger partial charge in [0.1, 0.15) is 5.75 Å². The molecule has 0 saturated carbocycles. The molecule has 8 heteroatoms. The summed E-state index contributed by atoms with van der Waals surface area (Å²) in [5, 5.41) is 17.4. The van der Waals surface area contributed by atoms with Gasteiger partial charge in [-0.1, -0.05) is 97.8 Å². The average Bonchev–Trinajstić information content (AvgIpc) is 3.02. The van der Waals surface area contributed by atoms with E-state index in [1.54, 1.807) is 38.1 Å². The highest BCUT2D eigenvalue weighted by Gasteiger charge is 2.05. The largest absolute Gasteiger partial charge is 0.508 e. The molecule has 0 bridgehead atoms. The number of carbonyl (C=O) groups is 3. The highest BCUT2D eigenvalue weighted by atomic mass is 16.5. The number of aromatic hydroxyl groups is 1. The van der Waals surface area contributed by atoms with Crippen LogP contribution in [-0.4, -0.2) is 41.3 Å². The van der Waals surface area contributed by atoms with Crippen molar-refractivity contribution in [2.24, 2.45) is 0 Å². The van der Waals surface area contributed by atoms with Crippen LogP contribution in [0.25, 0.3) is 0 Å². The van der Waals surface area contributed by atoms with E-state index < -0.39 is 5.97 Å². The first-order valence-corrected chi connectivity index (χ1v) is 16.5. The minimum absolute atomic E-state index is 0.142. The van der Waals surface area contributed by atoms with Gasteiger partial charge in [0, 0.05) is 12.1 Å². The predicted molar refractivity (Wildman–Crippen MR) is 180 cm³/mol. The summed E-state index contributed by atoms with van der Waals surface area (Å²) < 4.78 is 9.54. The third-order valence-electron chi connectivity index (χ3n) is 6.29. The highest BCUT2D eigenvalue weighted by molar-refractivity contribution is 5.90. The Hall–Kier alpha value is -3.55. The van der Waals surface area contributed by atoms with Crippen molar-refractivity contribution in [3.63, 3.8) is 0 Å². The van der Waals surface area contributed by atoms with Crippen LogP contribution in [0.1, 0.15) is 145 Å². The Balaban J connectivity index is 0. The first kappa shape index (κ1) is 42.6. The van der Waals surface area contributed by atoms with Crippen LogP contribution in [0.4, 0.5) is 5.69 Å². The number of unbranched alkanes of at least 4 members (excludes halogenated alkanes) is 12. The van der Waals surface area contributed by atoms with Crippen molar-refractivity contribution < 1.29 is 34.1 Å². The van der Waals surface area contributed by atoms with E-state index in [-0.39, 0.29) is 17.7 Å². The molecule has 0 spiro atoms. The Kier molecular flexibility index (Phi) is 29.9. The minimum atomic E-state index is -0.655. The number of carboxylic acid groups (broad SMARTS) is 1. The van der Waals surface area contributed by atoms with Crippen LogP contribution < -0.4 is 5.73 Å².